The summed E-state index contributed by atoms with van der Waals surface area (Å²) in [7, 11) is 0. The molecule has 0 aromatic carbocycles. The third-order valence-electron chi connectivity index (χ3n) is 3.89. The second kappa shape index (κ2) is 3.63. The molecule has 1 aromatic heterocycles. The maximum atomic E-state index is 12.1. The fraction of sp³-hybridized carbons (Fsp3) is 0.583. The van der Waals surface area contributed by atoms with E-state index in [2.05, 4.69) is 10.3 Å². The van der Waals surface area contributed by atoms with Gasteiger partial charge in [0.1, 0.15) is 5.69 Å². The zero-order chi connectivity index (χ0) is 11.0. The van der Waals surface area contributed by atoms with Crippen LogP contribution in [-0.4, -0.2) is 42.0 Å². The molecular formula is C12H17N3O. The van der Waals surface area contributed by atoms with Crippen molar-refractivity contribution in [3.8, 4) is 0 Å². The molecule has 2 aliphatic heterocycles. The van der Waals surface area contributed by atoms with Crippen molar-refractivity contribution in [3.63, 3.8) is 0 Å². The minimum Gasteiger partial charge on any atom is -0.357 e. The highest BCUT2D eigenvalue weighted by Gasteiger charge is 2.42. The molecule has 3 heterocycles. The number of H-pyrrole nitrogens is 1. The van der Waals surface area contributed by atoms with Gasteiger partial charge in [-0.1, -0.05) is 0 Å². The molecule has 86 valence electrons. The van der Waals surface area contributed by atoms with E-state index in [1.165, 1.54) is 6.42 Å². The number of carbonyl (C=O) groups excluding carboxylic acids is 1. The van der Waals surface area contributed by atoms with Crippen molar-refractivity contribution in [1.29, 1.82) is 0 Å². The Bertz CT molecular complexity index is 379. The second-order valence-corrected chi connectivity index (χ2v) is 4.99. The van der Waals surface area contributed by atoms with E-state index in [0.29, 0.717) is 11.1 Å². The Hall–Kier alpha value is -1.29. The van der Waals surface area contributed by atoms with Gasteiger partial charge in [-0.2, -0.15) is 0 Å². The first-order valence-electron chi connectivity index (χ1n) is 5.93. The number of amides is 1. The highest BCUT2D eigenvalue weighted by Crippen LogP contribution is 2.36. The van der Waals surface area contributed by atoms with Crippen LogP contribution >= 0.6 is 0 Å². The number of hydrogen-bond acceptors (Lipinski definition) is 2. The fourth-order valence-corrected chi connectivity index (χ4v) is 2.89. The SMILES string of the molecule is O=C(c1ccc[nH]1)N1CCC2(CCNC2)C1. The number of likely N-dealkylation sites (tertiary alicyclic amines) is 1. The zero-order valence-corrected chi connectivity index (χ0v) is 9.33. The largest absolute Gasteiger partial charge is 0.357 e. The van der Waals surface area contributed by atoms with Gasteiger partial charge in [-0.15, -0.1) is 0 Å². The summed E-state index contributed by atoms with van der Waals surface area (Å²) < 4.78 is 0. The molecule has 2 N–H and O–H groups in total. The van der Waals surface area contributed by atoms with Gasteiger partial charge in [-0.25, -0.2) is 0 Å². The summed E-state index contributed by atoms with van der Waals surface area (Å²) in [5.41, 5.74) is 1.07. The van der Waals surface area contributed by atoms with Crippen LogP contribution in [0.15, 0.2) is 18.3 Å². The van der Waals surface area contributed by atoms with E-state index in [1.807, 2.05) is 17.0 Å². The van der Waals surface area contributed by atoms with E-state index in [4.69, 9.17) is 0 Å². The van der Waals surface area contributed by atoms with Crippen LogP contribution in [0.25, 0.3) is 0 Å². The zero-order valence-electron chi connectivity index (χ0n) is 9.33. The quantitative estimate of drug-likeness (QED) is 0.735. The van der Waals surface area contributed by atoms with Crippen molar-refractivity contribution in [2.75, 3.05) is 26.2 Å². The number of hydrogen-bond donors (Lipinski definition) is 2. The van der Waals surface area contributed by atoms with E-state index in [9.17, 15) is 4.79 Å². The van der Waals surface area contributed by atoms with Crippen LogP contribution in [0, 0.1) is 5.41 Å². The molecule has 1 atom stereocenters. The van der Waals surface area contributed by atoms with Crippen LogP contribution in [0.5, 0.6) is 0 Å². The first kappa shape index (κ1) is 9.90. The van der Waals surface area contributed by atoms with Crippen molar-refractivity contribution in [1.82, 2.24) is 15.2 Å². The van der Waals surface area contributed by atoms with Gasteiger partial charge in [0.15, 0.2) is 0 Å². The minimum absolute atomic E-state index is 0.147. The van der Waals surface area contributed by atoms with Crippen molar-refractivity contribution in [3.05, 3.63) is 24.0 Å². The number of rotatable bonds is 1. The van der Waals surface area contributed by atoms with E-state index in [0.717, 1.165) is 32.6 Å². The minimum atomic E-state index is 0.147. The second-order valence-electron chi connectivity index (χ2n) is 4.99. The first-order valence-corrected chi connectivity index (χ1v) is 5.93. The Labute approximate surface area is 95.0 Å². The molecule has 2 fully saturated rings. The van der Waals surface area contributed by atoms with Crippen molar-refractivity contribution in [2.24, 2.45) is 5.41 Å². The predicted octanol–water partition coefficient (Wildman–Crippen LogP) is 0.840. The smallest absolute Gasteiger partial charge is 0.270 e. The van der Waals surface area contributed by atoms with Crippen molar-refractivity contribution >= 4 is 5.91 Å². The highest BCUT2D eigenvalue weighted by molar-refractivity contribution is 5.92. The normalized spacial score (nSPS) is 29.1. The Morgan fingerprint density at radius 1 is 1.44 bits per heavy atom. The number of aromatic nitrogens is 1. The molecule has 2 aliphatic rings. The molecule has 0 saturated carbocycles. The molecule has 0 radical (unpaired) electrons. The molecule has 4 nitrogen and oxygen atoms in total. The lowest BCUT2D eigenvalue weighted by Gasteiger charge is -2.22. The molecule has 1 amide bonds. The van der Waals surface area contributed by atoms with Crippen LogP contribution in [-0.2, 0) is 0 Å². The first-order chi connectivity index (χ1) is 7.79. The maximum Gasteiger partial charge on any atom is 0.270 e. The maximum absolute atomic E-state index is 12.1. The molecule has 1 unspecified atom stereocenters. The van der Waals surface area contributed by atoms with Gasteiger partial charge in [-0.3, -0.25) is 4.79 Å². The van der Waals surface area contributed by atoms with Gasteiger partial charge >= 0.3 is 0 Å². The highest BCUT2D eigenvalue weighted by atomic mass is 16.2. The van der Waals surface area contributed by atoms with Crippen LogP contribution in [0.4, 0.5) is 0 Å². The fourth-order valence-electron chi connectivity index (χ4n) is 2.89. The number of nitrogens with zero attached hydrogens (tertiary/aromatic N) is 1. The summed E-state index contributed by atoms with van der Waals surface area (Å²) >= 11 is 0. The Balaban J connectivity index is 1.72. The average molecular weight is 219 g/mol. The van der Waals surface area contributed by atoms with E-state index < -0.39 is 0 Å². The molecular weight excluding hydrogens is 202 g/mol. The molecule has 16 heavy (non-hydrogen) atoms. The summed E-state index contributed by atoms with van der Waals surface area (Å²) in [6.45, 7) is 3.99. The molecule has 0 bridgehead atoms. The predicted molar refractivity (Wildman–Crippen MR) is 61.2 cm³/mol. The van der Waals surface area contributed by atoms with Gasteiger partial charge in [-0.05, 0) is 31.5 Å². The lowest BCUT2D eigenvalue weighted by molar-refractivity contribution is 0.0770. The lowest BCUT2D eigenvalue weighted by atomic mass is 9.87. The standard InChI is InChI=1S/C12H17N3O/c16-11(10-2-1-5-14-10)15-7-4-12(9-15)3-6-13-8-12/h1-2,5,13-14H,3-4,6-9H2. The van der Waals surface area contributed by atoms with E-state index >= 15 is 0 Å². The molecule has 3 rings (SSSR count). The summed E-state index contributed by atoms with van der Waals surface area (Å²) in [5, 5.41) is 3.40. The third-order valence-corrected chi connectivity index (χ3v) is 3.89. The van der Waals surface area contributed by atoms with Crippen molar-refractivity contribution < 1.29 is 4.79 Å². The molecule has 0 aliphatic carbocycles. The monoisotopic (exact) mass is 219 g/mol. The molecule has 1 spiro atoms. The Kier molecular flexibility index (Phi) is 2.24. The molecule has 4 heteroatoms. The average Bonchev–Trinajstić information content (AvgIpc) is 3.01. The van der Waals surface area contributed by atoms with Gasteiger partial charge < -0.3 is 15.2 Å². The van der Waals surface area contributed by atoms with Crippen LogP contribution in [0.1, 0.15) is 23.3 Å². The number of aromatic amines is 1. The number of carbonyl (C=O) groups is 1. The van der Waals surface area contributed by atoms with Crippen LogP contribution < -0.4 is 5.32 Å². The Morgan fingerprint density at radius 2 is 2.38 bits per heavy atom. The Morgan fingerprint density at radius 3 is 3.06 bits per heavy atom. The van der Waals surface area contributed by atoms with Crippen LogP contribution in [0.2, 0.25) is 0 Å². The van der Waals surface area contributed by atoms with E-state index in [-0.39, 0.29) is 5.91 Å². The molecule has 1 aromatic rings. The number of nitrogens with one attached hydrogen (secondary N) is 2. The topological polar surface area (TPSA) is 48.1 Å². The molecule has 2 saturated heterocycles. The van der Waals surface area contributed by atoms with Gasteiger partial charge in [0, 0.05) is 31.2 Å². The summed E-state index contributed by atoms with van der Waals surface area (Å²) in [4.78, 5) is 17.1. The van der Waals surface area contributed by atoms with E-state index in [1.54, 1.807) is 6.20 Å². The summed E-state index contributed by atoms with van der Waals surface area (Å²) in [6, 6.07) is 3.72. The van der Waals surface area contributed by atoms with Gasteiger partial charge in [0.2, 0.25) is 0 Å². The van der Waals surface area contributed by atoms with Crippen LogP contribution in [0.3, 0.4) is 0 Å². The third kappa shape index (κ3) is 1.53. The lowest BCUT2D eigenvalue weighted by Crippen LogP contribution is -2.33. The van der Waals surface area contributed by atoms with Gasteiger partial charge in [0.25, 0.3) is 5.91 Å². The van der Waals surface area contributed by atoms with Gasteiger partial charge in [0.05, 0.1) is 0 Å². The summed E-state index contributed by atoms with van der Waals surface area (Å²) in [5.74, 6) is 0.147. The van der Waals surface area contributed by atoms with Crippen molar-refractivity contribution in [2.45, 2.75) is 12.8 Å². The summed E-state index contributed by atoms with van der Waals surface area (Å²) in [6.07, 6.45) is 4.16.